The molecule has 1 heterocycles. The molecule has 0 spiro atoms. The Labute approximate surface area is 83.2 Å². The molecule has 70 valence electrons. The van der Waals surface area contributed by atoms with Gasteiger partial charge in [0.05, 0.1) is 7.11 Å². The first kappa shape index (κ1) is 8.75. The van der Waals surface area contributed by atoms with E-state index in [0.29, 0.717) is 0 Å². The fourth-order valence-electron chi connectivity index (χ4n) is 1.34. The molecule has 14 heavy (non-hydrogen) atoms. The molecule has 0 amide bonds. The normalized spacial score (nSPS) is 16.5. The van der Waals surface area contributed by atoms with Crippen molar-refractivity contribution in [1.29, 1.82) is 0 Å². The van der Waals surface area contributed by atoms with Crippen molar-refractivity contribution in [2.45, 2.75) is 0 Å². The van der Waals surface area contributed by atoms with Gasteiger partial charge in [-0.25, -0.2) is 4.99 Å². The van der Waals surface area contributed by atoms with Crippen molar-refractivity contribution in [2.24, 2.45) is 0 Å². The van der Waals surface area contributed by atoms with Crippen molar-refractivity contribution in [3.05, 3.63) is 47.7 Å². The minimum absolute atomic E-state index is 0.880. The first-order valence-electron chi connectivity index (χ1n) is 4.51. The van der Waals surface area contributed by atoms with Crippen LogP contribution in [0, 0.1) is 0 Å². The molecule has 1 aromatic carbocycles. The van der Waals surface area contributed by atoms with Crippen molar-refractivity contribution < 1.29 is 9.73 Å². The highest BCUT2D eigenvalue weighted by Crippen LogP contribution is 2.14. The zero-order valence-corrected chi connectivity index (χ0v) is 8.03. The fraction of sp³-hybridized carbons (Fsp3) is 0.0833. The lowest BCUT2D eigenvalue weighted by atomic mass is 10.2. The summed E-state index contributed by atoms with van der Waals surface area (Å²) in [6.07, 6.45) is 7.99. The molecule has 2 heteroatoms. The topological polar surface area (TPSA) is 23.2 Å². The number of nitrogens with one attached hydrogen (secondary N) is 1. The lowest BCUT2D eigenvalue weighted by molar-refractivity contribution is -0.378. The smallest absolute Gasteiger partial charge is 0.204 e. The zero-order chi connectivity index (χ0) is 9.80. The van der Waals surface area contributed by atoms with E-state index in [1.807, 2.05) is 42.6 Å². The van der Waals surface area contributed by atoms with Crippen LogP contribution < -0.4 is 9.73 Å². The van der Waals surface area contributed by atoms with Crippen molar-refractivity contribution in [3.8, 4) is 5.75 Å². The van der Waals surface area contributed by atoms with Crippen LogP contribution in [0.5, 0.6) is 5.75 Å². The van der Waals surface area contributed by atoms with E-state index in [9.17, 15) is 0 Å². The van der Waals surface area contributed by atoms with Crippen LogP contribution in [0.3, 0.4) is 0 Å². The summed E-state index contributed by atoms with van der Waals surface area (Å²) >= 11 is 0. The van der Waals surface area contributed by atoms with Crippen LogP contribution in [0.4, 0.5) is 0 Å². The van der Waals surface area contributed by atoms with Gasteiger partial charge in [-0.15, -0.1) is 0 Å². The maximum Gasteiger partial charge on any atom is 0.204 e. The van der Waals surface area contributed by atoms with Gasteiger partial charge in [-0.2, -0.15) is 0 Å². The standard InChI is InChI=1S/C12H11NO/c1-14-12-6-2-4-10(9-12)8-11-5-3-7-13-11/h2-9H,1H3/p+1/b11-8+. The number of hydrogen-bond acceptors (Lipinski definition) is 1. The maximum absolute atomic E-state index is 5.14. The molecule has 0 saturated heterocycles. The van der Waals surface area contributed by atoms with E-state index < -0.39 is 0 Å². The van der Waals surface area contributed by atoms with Crippen LogP contribution in [-0.4, -0.2) is 13.3 Å². The summed E-state index contributed by atoms with van der Waals surface area (Å²) in [5.74, 6) is 0.880. The summed E-state index contributed by atoms with van der Waals surface area (Å²) in [7, 11) is 1.67. The number of rotatable bonds is 2. The quantitative estimate of drug-likeness (QED) is 0.724. The number of benzene rings is 1. The third kappa shape index (κ3) is 1.91. The van der Waals surface area contributed by atoms with E-state index in [0.717, 1.165) is 17.0 Å². The summed E-state index contributed by atoms with van der Waals surface area (Å²) in [4.78, 5) is 3.13. The Balaban J connectivity index is 2.28. The fourth-order valence-corrected chi connectivity index (χ4v) is 1.34. The van der Waals surface area contributed by atoms with Crippen molar-refractivity contribution in [2.75, 3.05) is 7.11 Å². The van der Waals surface area contributed by atoms with Crippen molar-refractivity contribution in [1.82, 2.24) is 0 Å². The summed E-state index contributed by atoms with van der Waals surface area (Å²) < 4.78 is 5.14. The van der Waals surface area contributed by atoms with Crippen LogP contribution in [0.2, 0.25) is 0 Å². The van der Waals surface area contributed by atoms with Crippen LogP contribution in [-0.2, 0) is 0 Å². The monoisotopic (exact) mass is 186 g/mol. The summed E-state index contributed by atoms with van der Waals surface area (Å²) in [5.41, 5.74) is 2.23. The Morgan fingerprint density at radius 2 is 2.29 bits per heavy atom. The Hall–Kier alpha value is -1.83. The minimum atomic E-state index is 0.880. The van der Waals surface area contributed by atoms with Gasteiger partial charge < -0.3 is 4.74 Å². The molecule has 0 radical (unpaired) electrons. The molecule has 2 rings (SSSR count). The molecular formula is C12H12NO+. The summed E-state index contributed by atoms with van der Waals surface area (Å²) in [5, 5.41) is 0. The second-order valence-corrected chi connectivity index (χ2v) is 3.05. The average Bonchev–Trinajstić information content (AvgIpc) is 2.71. The lowest BCUT2D eigenvalue weighted by Crippen LogP contribution is -2.63. The SMILES string of the molecule is COc1cccc(/C=C2\C=CC=[NH+]2)c1. The molecule has 0 aliphatic carbocycles. The minimum Gasteiger partial charge on any atom is -0.497 e. The predicted molar refractivity (Wildman–Crippen MR) is 57.1 cm³/mol. The zero-order valence-electron chi connectivity index (χ0n) is 8.03. The van der Waals surface area contributed by atoms with Gasteiger partial charge in [0, 0.05) is 18.2 Å². The van der Waals surface area contributed by atoms with Gasteiger partial charge in [0.15, 0.2) is 6.21 Å². The van der Waals surface area contributed by atoms with Gasteiger partial charge in [0.2, 0.25) is 5.70 Å². The highest BCUT2D eigenvalue weighted by molar-refractivity contribution is 5.71. The predicted octanol–water partition coefficient (Wildman–Crippen LogP) is 0.757. The van der Waals surface area contributed by atoms with Gasteiger partial charge >= 0.3 is 0 Å². The Morgan fingerprint density at radius 3 is 3.00 bits per heavy atom. The number of allylic oxidation sites excluding steroid dienone is 2. The molecule has 0 aromatic heterocycles. The molecule has 0 bridgehead atoms. The molecule has 0 atom stereocenters. The molecular weight excluding hydrogens is 174 g/mol. The van der Waals surface area contributed by atoms with E-state index in [2.05, 4.69) is 11.1 Å². The Kier molecular flexibility index (Phi) is 2.45. The van der Waals surface area contributed by atoms with Crippen LogP contribution in [0.25, 0.3) is 6.08 Å². The van der Waals surface area contributed by atoms with E-state index in [1.165, 1.54) is 0 Å². The number of methoxy groups -OCH3 is 1. The van der Waals surface area contributed by atoms with Crippen LogP contribution >= 0.6 is 0 Å². The second kappa shape index (κ2) is 3.92. The highest BCUT2D eigenvalue weighted by atomic mass is 16.5. The van der Waals surface area contributed by atoms with Gasteiger partial charge in [0.1, 0.15) is 5.75 Å². The van der Waals surface area contributed by atoms with Crippen LogP contribution in [0.15, 0.2) is 42.1 Å². The third-order valence-electron chi connectivity index (χ3n) is 2.04. The van der Waals surface area contributed by atoms with E-state index in [1.54, 1.807) is 7.11 Å². The van der Waals surface area contributed by atoms with E-state index >= 15 is 0 Å². The maximum atomic E-state index is 5.14. The van der Waals surface area contributed by atoms with E-state index in [4.69, 9.17) is 4.74 Å². The first-order valence-corrected chi connectivity index (χ1v) is 4.51. The number of ether oxygens (including phenoxy) is 1. The molecule has 2 nitrogen and oxygen atoms in total. The first-order chi connectivity index (χ1) is 6.88. The highest BCUT2D eigenvalue weighted by Gasteiger charge is 2.01. The van der Waals surface area contributed by atoms with Crippen LogP contribution in [0.1, 0.15) is 5.56 Å². The number of hydrogen-bond donors (Lipinski definition) is 1. The molecule has 1 aromatic rings. The van der Waals surface area contributed by atoms with Crippen molar-refractivity contribution in [3.63, 3.8) is 0 Å². The Morgan fingerprint density at radius 1 is 1.36 bits per heavy atom. The molecule has 0 unspecified atom stereocenters. The lowest BCUT2D eigenvalue weighted by Gasteiger charge is -1.99. The van der Waals surface area contributed by atoms with Gasteiger partial charge in [-0.1, -0.05) is 12.1 Å². The molecule has 1 aliphatic rings. The molecule has 0 saturated carbocycles. The van der Waals surface area contributed by atoms with Gasteiger partial charge in [-0.05, 0) is 17.7 Å². The molecule has 0 fully saturated rings. The van der Waals surface area contributed by atoms with Crippen molar-refractivity contribution >= 4 is 12.3 Å². The second-order valence-electron chi connectivity index (χ2n) is 3.05. The van der Waals surface area contributed by atoms with E-state index in [-0.39, 0.29) is 0 Å². The molecule has 1 N–H and O–H groups in total. The summed E-state index contributed by atoms with van der Waals surface area (Å²) in [6.45, 7) is 0. The Bertz CT molecular complexity index is 402. The third-order valence-corrected chi connectivity index (χ3v) is 2.04. The molecule has 1 aliphatic heterocycles. The van der Waals surface area contributed by atoms with Gasteiger partial charge in [0.25, 0.3) is 0 Å². The largest absolute Gasteiger partial charge is 0.497 e. The summed E-state index contributed by atoms with van der Waals surface area (Å²) in [6, 6.07) is 7.96. The van der Waals surface area contributed by atoms with Gasteiger partial charge in [-0.3, -0.25) is 0 Å². The average molecular weight is 186 g/mol.